The summed E-state index contributed by atoms with van der Waals surface area (Å²) in [4.78, 5) is 0. The Bertz CT molecular complexity index is 510. The first-order valence-corrected chi connectivity index (χ1v) is 7.71. The summed E-state index contributed by atoms with van der Waals surface area (Å²) in [6, 6.07) is 5.24. The van der Waals surface area contributed by atoms with Crippen molar-refractivity contribution in [1.82, 2.24) is 0 Å². The van der Waals surface area contributed by atoms with Crippen LogP contribution >= 0.6 is 0 Å². The van der Waals surface area contributed by atoms with E-state index in [2.05, 4.69) is 0 Å². The summed E-state index contributed by atoms with van der Waals surface area (Å²) < 4.78 is 28.1. The Morgan fingerprint density at radius 3 is 2.94 bits per heavy atom. The molecule has 0 saturated heterocycles. The Labute approximate surface area is 102 Å². The summed E-state index contributed by atoms with van der Waals surface area (Å²) >= 11 is 0. The third-order valence-electron chi connectivity index (χ3n) is 2.85. The van der Waals surface area contributed by atoms with E-state index in [-0.39, 0.29) is 5.75 Å². The molecule has 1 unspecified atom stereocenters. The van der Waals surface area contributed by atoms with Crippen molar-refractivity contribution in [2.75, 3.05) is 18.6 Å². The van der Waals surface area contributed by atoms with Crippen LogP contribution in [0.4, 0.5) is 0 Å². The molecule has 5 heteroatoms. The fraction of sp³-hybridized carbons (Fsp3) is 0.500. The minimum absolute atomic E-state index is 0.0488. The monoisotopic (exact) mass is 255 g/mol. The summed E-state index contributed by atoms with van der Waals surface area (Å²) in [6.45, 7) is 0.676. The molecule has 1 aromatic carbocycles. The van der Waals surface area contributed by atoms with Gasteiger partial charge in [0, 0.05) is 17.9 Å². The van der Waals surface area contributed by atoms with Crippen LogP contribution in [0.3, 0.4) is 0 Å². The molecule has 2 rings (SSSR count). The Balaban J connectivity index is 2.32. The summed E-state index contributed by atoms with van der Waals surface area (Å²) in [5, 5.41) is 0. The van der Waals surface area contributed by atoms with Gasteiger partial charge in [-0.1, -0.05) is 18.2 Å². The summed E-state index contributed by atoms with van der Waals surface area (Å²) in [7, 11) is -3.08. The van der Waals surface area contributed by atoms with E-state index >= 15 is 0 Å². The molecule has 94 valence electrons. The van der Waals surface area contributed by atoms with E-state index in [9.17, 15) is 8.42 Å². The van der Waals surface area contributed by atoms with E-state index in [1.165, 1.54) is 6.26 Å². The molecule has 1 heterocycles. The minimum atomic E-state index is -3.08. The number of rotatable bonds is 3. The zero-order valence-corrected chi connectivity index (χ0v) is 10.7. The highest BCUT2D eigenvalue weighted by Gasteiger charge is 2.21. The van der Waals surface area contributed by atoms with Crippen LogP contribution in [0, 0.1) is 0 Å². The topological polar surface area (TPSA) is 69.4 Å². The normalized spacial score (nSPS) is 17.1. The van der Waals surface area contributed by atoms with E-state index in [1.807, 2.05) is 18.2 Å². The highest BCUT2D eigenvalue weighted by Crippen LogP contribution is 2.32. The van der Waals surface area contributed by atoms with Crippen LogP contribution in [-0.4, -0.2) is 27.0 Å². The molecule has 1 aromatic rings. The molecule has 0 radical (unpaired) electrons. The minimum Gasteiger partial charge on any atom is -0.493 e. The zero-order chi connectivity index (χ0) is 12.5. The fourth-order valence-electron chi connectivity index (χ4n) is 2.12. The van der Waals surface area contributed by atoms with Gasteiger partial charge in [-0.05, 0) is 18.4 Å². The van der Waals surface area contributed by atoms with E-state index in [1.54, 1.807) is 0 Å². The molecule has 0 fully saturated rings. The van der Waals surface area contributed by atoms with Crippen LogP contribution in [0.2, 0.25) is 0 Å². The second kappa shape index (κ2) is 4.66. The van der Waals surface area contributed by atoms with Gasteiger partial charge in [0.1, 0.15) is 15.6 Å². The quantitative estimate of drug-likeness (QED) is 0.876. The standard InChI is InChI=1S/C12H17NO3S/c1-17(14,15)8-11(13)10-6-2-4-9-5-3-7-16-12(9)10/h2,4,6,11H,3,5,7-8,13H2,1H3. The maximum atomic E-state index is 11.3. The third kappa shape index (κ3) is 2.98. The SMILES string of the molecule is CS(=O)(=O)CC(N)c1cccc2c1OCCC2. The molecular weight excluding hydrogens is 238 g/mol. The van der Waals surface area contributed by atoms with E-state index < -0.39 is 15.9 Å². The molecule has 1 aliphatic heterocycles. The number of para-hydroxylation sites is 1. The number of hydrogen-bond acceptors (Lipinski definition) is 4. The fourth-order valence-corrected chi connectivity index (χ4v) is 2.95. The van der Waals surface area contributed by atoms with Crippen molar-refractivity contribution in [2.45, 2.75) is 18.9 Å². The predicted molar refractivity (Wildman–Crippen MR) is 66.9 cm³/mol. The lowest BCUT2D eigenvalue weighted by atomic mass is 9.99. The van der Waals surface area contributed by atoms with Crippen molar-refractivity contribution in [3.05, 3.63) is 29.3 Å². The van der Waals surface area contributed by atoms with Crippen LogP contribution in [0.1, 0.15) is 23.6 Å². The largest absolute Gasteiger partial charge is 0.493 e. The van der Waals surface area contributed by atoms with E-state index in [0.29, 0.717) is 6.61 Å². The van der Waals surface area contributed by atoms with Gasteiger partial charge in [0.05, 0.1) is 12.4 Å². The van der Waals surface area contributed by atoms with Gasteiger partial charge in [-0.2, -0.15) is 0 Å². The van der Waals surface area contributed by atoms with Gasteiger partial charge in [-0.25, -0.2) is 8.42 Å². The van der Waals surface area contributed by atoms with Gasteiger partial charge in [0.25, 0.3) is 0 Å². The van der Waals surface area contributed by atoms with Gasteiger partial charge in [-0.15, -0.1) is 0 Å². The Kier molecular flexibility index (Phi) is 3.40. The molecule has 0 aliphatic carbocycles. The summed E-state index contributed by atoms with van der Waals surface area (Å²) in [6.07, 6.45) is 3.16. The average molecular weight is 255 g/mol. The van der Waals surface area contributed by atoms with Crippen LogP contribution in [-0.2, 0) is 16.3 Å². The third-order valence-corrected chi connectivity index (χ3v) is 3.81. The van der Waals surface area contributed by atoms with Gasteiger partial charge in [0.15, 0.2) is 0 Å². The first kappa shape index (κ1) is 12.4. The Morgan fingerprint density at radius 1 is 1.47 bits per heavy atom. The lowest BCUT2D eigenvalue weighted by molar-refractivity contribution is 0.284. The number of nitrogens with two attached hydrogens (primary N) is 1. The molecule has 0 saturated carbocycles. The van der Waals surface area contributed by atoms with Crippen molar-refractivity contribution in [2.24, 2.45) is 5.73 Å². The van der Waals surface area contributed by atoms with E-state index in [4.69, 9.17) is 10.5 Å². The molecule has 1 atom stereocenters. The first-order chi connectivity index (χ1) is 7.97. The summed E-state index contributed by atoms with van der Waals surface area (Å²) in [5.41, 5.74) is 7.87. The first-order valence-electron chi connectivity index (χ1n) is 5.65. The number of benzene rings is 1. The van der Waals surface area contributed by atoms with Gasteiger partial charge >= 0.3 is 0 Å². The number of hydrogen-bond donors (Lipinski definition) is 1. The van der Waals surface area contributed by atoms with Gasteiger partial charge in [-0.3, -0.25) is 0 Å². The number of ether oxygens (including phenoxy) is 1. The van der Waals surface area contributed by atoms with Crippen molar-refractivity contribution in [3.63, 3.8) is 0 Å². The highest BCUT2D eigenvalue weighted by molar-refractivity contribution is 7.90. The van der Waals surface area contributed by atoms with Crippen molar-refractivity contribution in [1.29, 1.82) is 0 Å². The Morgan fingerprint density at radius 2 is 2.24 bits per heavy atom. The van der Waals surface area contributed by atoms with Gasteiger partial charge < -0.3 is 10.5 Å². The lowest BCUT2D eigenvalue weighted by Gasteiger charge is -2.22. The lowest BCUT2D eigenvalue weighted by Crippen LogP contribution is -2.23. The second-order valence-electron chi connectivity index (χ2n) is 4.49. The second-order valence-corrected chi connectivity index (χ2v) is 6.67. The van der Waals surface area contributed by atoms with Gasteiger partial charge in [0.2, 0.25) is 0 Å². The average Bonchev–Trinajstić information content (AvgIpc) is 2.26. The smallest absolute Gasteiger partial charge is 0.149 e. The van der Waals surface area contributed by atoms with Crippen LogP contribution in [0.5, 0.6) is 5.75 Å². The number of fused-ring (bicyclic) bond motifs is 1. The van der Waals surface area contributed by atoms with Crippen LogP contribution < -0.4 is 10.5 Å². The molecule has 0 amide bonds. The Hall–Kier alpha value is -1.07. The predicted octanol–water partition coefficient (Wildman–Crippen LogP) is 1.06. The van der Waals surface area contributed by atoms with Crippen molar-refractivity contribution >= 4 is 9.84 Å². The molecule has 17 heavy (non-hydrogen) atoms. The zero-order valence-electron chi connectivity index (χ0n) is 9.85. The van der Waals surface area contributed by atoms with E-state index in [0.717, 1.165) is 29.7 Å². The van der Waals surface area contributed by atoms with Crippen LogP contribution in [0.15, 0.2) is 18.2 Å². The molecule has 0 bridgehead atoms. The molecular formula is C12H17NO3S. The maximum Gasteiger partial charge on any atom is 0.149 e. The molecule has 0 aromatic heterocycles. The van der Waals surface area contributed by atoms with Crippen molar-refractivity contribution < 1.29 is 13.2 Å². The summed E-state index contributed by atoms with van der Waals surface area (Å²) in [5.74, 6) is 0.738. The molecule has 0 spiro atoms. The van der Waals surface area contributed by atoms with Crippen molar-refractivity contribution in [3.8, 4) is 5.75 Å². The maximum absolute atomic E-state index is 11.3. The molecule has 2 N–H and O–H groups in total. The highest BCUT2D eigenvalue weighted by atomic mass is 32.2. The number of aryl methyl sites for hydroxylation is 1. The number of sulfone groups is 1. The van der Waals surface area contributed by atoms with Crippen LogP contribution in [0.25, 0.3) is 0 Å². The molecule has 1 aliphatic rings. The molecule has 4 nitrogen and oxygen atoms in total.